The highest BCUT2D eigenvalue weighted by atomic mass is 19.1. The highest BCUT2D eigenvalue weighted by Crippen LogP contribution is 2.32. The molecule has 0 saturated heterocycles. The minimum absolute atomic E-state index is 0.124. The van der Waals surface area contributed by atoms with Crippen LogP contribution in [0.1, 0.15) is 43.7 Å². The number of benzene rings is 1. The summed E-state index contributed by atoms with van der Waals surface area (Å²) in [5.74, 6) is 1.13. The third kappa shape index (κ3) is 2.61. The van der Waals surface area contributed by atoms with Crippen molar-refractivity contribution < 1.29 is 8.91 Å². The Morgan fingerprint density at radius 3 is 2.39 bits per heavy atom. The van der Waals surface area contributed by atoms with E-state index in [0.29, 0.717) is 5.92 Å². The lowest BCUT2D eigenvalue weighted by molar-refractivity contribution is 0.344. The van der Waals surface area contributed by atoms with Gasteiger partial charge < -0.3 is 4.52 Å². The maximum absolute atomic E-state index is 13.0. The van der Waals surface area contributed by atoms with E-state index in [9.17, 15) is 4.39 Å². The van der Waals surface area contributed by atoms with Gasteiger partial charge in [0.2, 0.25) is 0 Å². The summed E-state index contributed by atoms with van der Waals surface area (Å²) in [6.45, 7) is 6.30. The molecule has 2 aromatic rings. The largest absolute Gasteiger partial charge is 0.360 e. The number of nitrogens with zero attached hydrogens (tertiary/aromatic N) is 1. The van der Waals surface area contributed by atoms with Gasteiger partial charge >= 0.3 is 0 Å². The molecule has 0 aliphatic heterocycles. The lowest BCUT2D eigenvalue weighted by atomic mass is 9.86. The molecule has 2 rings (SSSR count). The van der Waals surface area contributed by atoms with Crippen molar-refractivity contribution in [3.05, 3.63) is 53.2 Å². The molecule has 1 unspecified atom stereocenters. The first-order valence-electron chi connectivity index (χ1n) is 6.32. The quantitative estimate of drug-likeness (QED) is 0.810. The molecule has 1 aromatic heterocycles. The lowest BCUT2D eigenvalue weighted by Gasteiger charge is -2.18. The molecule has 0 aliphatic carbocycles. The van der Waals surface area contributed by atoms with Crippen molar-refractivity contribution in [2.45, 2.75) is 33.1 Å². The molecule has 0 amide bonds. The van der Waals surface area contributed by atoms with Crippen LogP contribution in [0.5, 0.6) is 0 Å². The average molecular weight is 247 g/mol. The second-order valence-corrected chi connectivity index (χ2v) is 4.85. The number of hydrogen-bond donors (Lipinski definition) is 0. The van der Waals surface area contributed by atoms with Crippen molar-refractivity contribution in [2.75, 3.05) is 0 Å². The van der Waals surface area contributed by atoms with E-state index in [1.54, 1.807) is 0 Å². The van der Waals surface area contributed by atoms with Crippen LogP contribution >= 0.6 is 0 Å². The Morgan fingerprint density at radius 2 is 1.89 bits per heavy atom. The van der Waals surface area contributed by atoms with Gasteiger partial charge in [-0.3, -0.25) is 0 Å². The summed E-state index contributed by atoms with van der Waals surface area (Å²) in [6, 6.07) is 8.60. The number of halogens is 1. The topological polar surface area (TPSA) is 26.0 Å². The standard InChI is InChI=1S/C15H18FNO/c1-4-13-9-14(18-17-13)15(10(2)3)11-5-7-12(16)8-6-11/h5-10,15H,4H2,1-3H3. The first-order chi connectivity index (χ1) is 8.61. The van der Waals surface area contributed by atoms with E-state index in [4.69, 9.17) is 4.52 Å². The van der Waals surface area contributed by atoms with Crippen molar-refractivity contribution >= 4 is 0 Å². The molecule has 0 aliphatic rings. The van der Waals surface area contributed by atoms with E-state index >= 15 is 0 Å². The van der Waals surface area contributed by atoms with Gasteiger partial charge in [-0.2, -0.15) is 0 Å². The van der Waals surface area contributed by atoms with Crippen LogP contribution in [0.15, 0.2) is 34.9 Å². The molecule has 2 nitrogen and oxygen atoms in total. The summed E-state index contributed by atoms with van der Waals surface area (Å²) >= 11 is 0. The smallest absolute Gasteiger partial charge is 0.144 e. The number of rotatable bonds is 4. The molecule has 0 radical (unpaired) electrons. The molecule has 0 N–H and O–H groups in total. The molecular formula is C15H18FNO. The van der Waals surface area contributed by atoms with Crippen molar-refractivity contribution in [1.29, 1.82) is 0 Å². The molecule has 18 heavy (non-hydrogen) atoms. The monoisotopic (exact) mass is 247 g/mol. The fraction of sp³-hybridized carbons (Fsp3) is 0.400. The molecule has 3 heteroatoms. The van der Waals surface area contributed by atoms with E-state index in [1.807, 2.05) is 25.1 Å². The van der Waals surface area contributed by atoms with Gasteiger partial charge in [0.25, 0.3) is 0 Å². The van der Waals surface area contributed by atoms with Gasteiger partial charge in [0.15, 0.2) is 0 Å². The highest BCUT2D eigenvalue weighted by Gasteiger charge is 2.22. The second-order valence-electron chi connectivity index (χ2n) is 4.85. The maximum Gasteiger partial charge on any atom is 0.144 e. The predicted molar refractivity (Wildman–Crippen MR) is 69.0 cm³/mol. The van der Waals surface area contributed by atoms with Gasteiger partial charge in [0.1, 0.15) is 11.6 Å². The Kier molecular flexibility index (Phi) is 3.80. The van der Waals surface area contributed by atoms with Gasteiger partial charge in [-0.05, 0) is 30.0 Å². The molecule has 1 atom stereocenters. The van der Waals surface area contributed by atoms with Gasteiger partial charge in [0, 0.05) is 12.0 Å². The fourth-order valence-electron chi connectivity index (χ4n) is 2.19. The third-order valence-electron chi connectivity index (χ3n) is 3.14. The van der Waals surface area contributed by atoms with Gasteiger partial charge in [-0.25, -0.2) is 4.39 Å². The van der Waals surface area contributed by atoms with Gasteiger partial charge in [0.05, 0.1) is 5.69 Å². The Labute approximate surface area is 107 Å². The molecule has 0 bridgehead atoms. The summed E-state index contributed by atoms with van der Waals surface area (Å²) in [5, 5.41) is 4.03. The van der Waals surface area contributed by atoms with E-state index in [0.717, 1.165) is 23.4 Å². The molecular weight excluding hydrogens is 229 g/mol. The molecule has 1 heterocycles. The average Bonchev–Trinajstić information content (AvgIpc) is 2.80. The normalized spacial score (nSPS) is 12.9. The first-order valence-corrected chi connectivity index (χ1v) is 6.32. The van der Waals surface area contributed by atoms with Crippen molar-refractivity contribution in [2.24, 2.45) is 5.92 Å². The van der Waals surface area contributed by atoms with E-state index in [-0.39, 0.29) is 11.7 Å². The molecule has 0 fully saturated rings. The number of aromatic nitrogens is 1. The third-order valence-corrected chi connectivity index (χ3v) is 3.14. The van der Waals surface area contributed by atoms with Crippen LogP contribution in [0, 0.1) is 11.7 Å². The van der Waals surface area contributed by atoms with Crippen LogP contribution in [0.25, 0.3) is 0 Å². The van der Waals surface area contributed by atoms with Crippen LogP contribution in [0.2, 0.25) is 0 Å². The van der Waals surface area contributed by atoms with E-state index in [1.165, 1.54) is 12.1 Å². The van der Waals surface area contributed by atoms with Crippen molar-refractivity contribution in [1.82, 2.24) is 5.16 Å². The Balaban J connectivity index is 2.36. The van der Waals surface area contributed by atoms with Crippen LogP contribution in [-0.2, 0) is 6.42 Å². The summed E-state index contributed by atoms with van der Waals surface area (Å²) in [7, 11) is 0. The minimum atomic E-state index is -0.215. The minimum Gasteiger partial charge on any atom is -0.360 e. The molecule has 1 aromatic carbocycles. The Morgan fingerprint density at radius 1 is 1.22 bits per heavy atom. The zero-order chi connectivity index (χ0) is 13.1. The van der Waals surface area contributed by atoms with E-state index < -0.39 is 0 Å². The highest BCUT2D eigenvalue weighted by molar-refractivity contribution is 5.28. The number of hydrogen-bond acceptors (Lipinski definition) is 2. The Bertz CT molecular complexity index is 501. The van der Waals surface area contributed by atoms with Crippen LogP contribution < -0.4 is 0 Å². The summed E-state index contributed by atoms with van der Waals surface area (Å²) in [6.07, 6.45) is 0.859. The second kappa shape index (κ2) is 5.34. The zero-order valence-corrected chi connectivity index (χ0v) is 11.0. The summed E-state index contributed by atoms with van der Waals surface area (Å²) in [5.41, 5.74) is 2.02. The first kappa shape index (κ1) is 12.8. The van der Waals surface area contributed by atoms with E-state index in [2.05, 4.69) is 19.0 Å². The Hall–Kier alpha value is -1.64. The number of aryl methyl sites for hydroxylation is 1. The van der Waals surface area contributed by atoms with Crippen LogP contribution in [0.3, 0.4) is 0 Å². The maximum atomic E-state index is 13.0. The predicted octanol–water partition coefficient (Wildman–Crippen LogP) is 4.16. The SMILES string of the molecule is CCc1cc(C(c2ccc(F)cc2)C(C)C)on1. The molecule has 0 saturated carbocycles. The van der Waals surface area contributed by atoms with Crippen LogP contribution in [0.4, 0.5) is 4.39 Å². The van der Waals surface area contributed by atoms with Crippen molar-refractivity contribution in [3.63, 3.8) is 0 Å². The molecule has 96 valence electrons. The molecule has 0 spiro atoms. The lowest BCUT2D eigenvalue weighted by Crippen LogP contribution is -2.07. The fourth-order valence-corrected chi connectivity index (χ4v) is 2.19. The van der Waals surface area contributed by atoms with Crippen molar-refractivity contribution in [3.8, 4) is 0 Å². The van der Waals surface area contributed by atoms with Gasteiger partial charge in [-0.1, -0.05) is 38.1 Å². The zero-order valence-electron chi connectivity index (χ0n) is 11.0. The van der Waals surface area contributed by atoms with Crippen LogP contribution in [-0.4, -0.2) is 5.16 Å². The summed E-state index contributed by atoms with van der Waals surface area (Å²) < 4.78 is 18.4. The van der Waals surface area contributed by atoms with Gasteiger partial charge in [-0.15, -0.1) is 0 Å². The summed E-state index contributed by atoms with van der Waals surface area (Å²) in [4.78, 5) is 0.